The van der Waals surface area contributed by atoms with Crippen LogP contribution in [0.5, 0.6) is 0 Å². The van der Waals surface area contributed by atoms with Gasteiger partial charge in [-0.1, -0.05) is 24.3 Å². The molecule has 0 spiro atoms. The topological polar surface area (TPSA) is 75.9 Å². The van der Waals surface area contributed by atoms with Crippen LogP contribution in [0.4, 0.5) is 0 Å². The number of benzene rings is 1. The van der Waals surface area contributed by atoms with Gasteiger partial charge >= 0.3 is 0 Å². The third kappa shape index (κ3) is 4.98. The quantitative estimate of drug-likeness (QED) is 0.632. The van der Waals surface area contributed by atoms with Crippen LogP contribution in [0.2, 0.25) is 0 Å². The SMILES string of the molecule is O=C(NCc1ccc2nccn2c1)c1ccc(C2=CCN(C(=O)CC3CCCO3)CC2)cc1. The molecule has 0 radical (unpaired) electrons. The Kier molecular flexibility index (Phi) is 6.21. The summed E-state index contributed by atoms with van der Waals surface area (Å²) in [6.45, 7) is 2.58. The maximum atomic E-state index is 12.6. The molecule has 2 aliphatic rings. The van der Waals surface area contributed by atoms with E-state index in [2.05, 4.69) is 16.4 Å². The number of amides is 2. The van der Waals surface area contributed by atoms with Gasteiger partial charge in [0.25, 0.3) is 5.91 Å². The van der Waals surface area contributed by atoms with Crippen LogP contribution in [0.25, 0.3) is 11.2 Å². The van der Waals surface area contributed by atoms with Crippen LogP contribution in [-0.2, 0) is 16.1 Å². The van der Waals surface area contributed by atoms with Gasteiger partial charge in [0.05, 0.1) is 12.5 Å². The summed E-state index contributed by atoms with van der Waals surface area (Å²) in [5, 5.41) is 2.98. The van der Waals surface area contributed by atoms with Gasteiger partial charge in [-0.15, -0.1) is 0 Å². The number of pyridine rings is 1. The molecule has 0 bridgehead atoms. The number of fused-ring (bicyclic) bond motifs is 1. The van der Waals surface area contributed by atoms with E-state index in [-0.39, 0.29) is 17.9 Å². The minimum atomic E-state index is -0.101. The fraction of sp³-hybridized carbons (Fsp3) is 0.346. The van der Waals surface area contributed by atoms with Gasteiger partial charge in [0, 0.05) is 50.4 Å². The number of nitrogens with one attached hydrogen (secondary N) is 1. The van der Waals surface area contributed by atoms with Crippen molar-refractivity contribution in [3.63, 3.8) is 0 Å². The van der Waals surface area contributed by atoms with Crippen LogP contribution in [-0.4, -0.2) is 51.9 Å². The number of imidazole rings is 1. The standard InChI is InChI=1S/C26H28N4O3/c31-25(16-23-2-1-15-33-23)29-12-9-21(10-13-29)20-4-6-22(7-5-20)26(32)28-17-19-3-8-24-27-11-14-30(24)18-19/h3-9,11,14,18,23H,1-2,10,12-13,15-17H2,(H,28,32). The van der Waals surface area contributed by atoms with E-state index in [1.807, 2.05) is 58.1 Å². The second-order valence-corrected chi connectivity index (χ2v) is 8.65. The minimum absolute atomic E-state index is 0.0929. The van der Waals surface area contributed by atoms with E-state index in [1.165, 1.54) is 5.57 Å². The lowest BCUT2D eigenvalue weighted by Crippen LogP contribution is -2.36. The van der Waals surface area contributed by atoms with E-state index in [9.17, 15) is 9.59 Å². The van der Waals surface area contributed by atoms with Crippen molar-refractivity contribution in [1.29, 1.82) is 0 Å². The molecule has 1 saturated heterocycles. The molecule has 0 aliphatic carbocycles. The predicted molar refractivity (Wildman–Crippen MR) is 126 cm³/mol. The molecule has 7 nitrogen and oxygen atoms in total. The van der Waals surface area contributed by atoms with Crippen molar-refractivity contribution < 1.29 is 14.3 Å². The van der Waals surface area contributed by atoms with Gasteiger partial charge in [-0.3, -0.25) is 9.59 Å². The monoisotopic (exact) mass is 444 g/mol. The summed E-state index contributed by atoms with van der Waals surface area (Å²) in [6, 6.07) is 11.6. The third-order valence-electron chi connectivity index (χ3n) is 6.41. The highest BCUT2D eigenvalue weighted by Gasteiger charge is 2.24. The van der Waals surface area contributed by atoms with Crippen molar-refractivity contribution in [3.8, 4) is 0 Å². The molecule has 2 aromatic heterocycles. The molecule has 0 saturated carbocycles. The first-order chi connectivity index (χ1) is 16.2. The van der Waals surface area contributed by atoms with Gasteiger partial charge in [-0.25, -0.2) is 4.98 Å². The zero-order valence-electron chi connectivity index (χ0n) is 18.6. The van der Waals surface area contributed by atoms with E-state index in [0.29, 0.717) is 25.1 Å². The highest BCUT2D eigenvalue weighted by molar-refractivity contribution is 5.94. The molecule has 1 fully saturated rings. The van der Waals surface area contributed by atoms with Crippen LogP contribution in [0.15, 0.2) is 61.1 Å². The first-order valence-corrected chi connectivity index (χ1v) is 11.5. The molecule has 4 heterocycles. The van der Waals surface area contributed by atoms with Gasteiger partial charge in [-0.2, -0.15) is 0 Å². The maximum absolute atomic E-state index is 12.6. The average Bonchev–Trinajstić information content (AvgIpc) is 3.54. The first kappa shape index (κ1) is 21.4. The lowest BCUT2D eigenvalue weighted by molar-refractivity contribution is -0.133. The van der Waals surface area contributed by atoms with E-state index >= 15 is 0 Å². The van der Waals surface area contributed by atoms with E-state index < -0.39 is 0 Å². The molecular weight excluding hydrogens is 416 g/mol. The van der Waals surface area contributed by atoms with Gasteiger partial charge in [0.15, 0.2) is 0 Å². The first-order valence-electron chi connectivity index (χ1n) is 11.5. The summed E-state index contributed by atoms with van der Waals surface area (Å²) < 4.78 is 7.53. The van der Waals surface area contributed by atoms with Gasteiger partial charge in [0.1, 0.15) is 5.65 Å². The molecule has 1 aromatic carbocycles. The van der Waals surface area contributed by atoms with Gasteiger partial charge in [-0.05, 0) is 54.2 Å². The predicted octanol–water partition coefficient (Wildman–Crippen LogP) is 3.45. The van der Waals surface area contributed by atoms with Crippen molar-refractivity contribution in [2.45, 2.75) is 38.3 Å². The highest BCUT2D eigenvalue weighted by Crippen LogP contribution is 2.24. The molecule has 1 N–H and O–H groups in total. The fourth-order valence-electron chi connectivity index (χ4n) is 4.48. The van der Waals surface area contributed by atoms with Gasteiger partial charge in [0.2, 0.25) is 5.91 Å². The van der Waals surface area contributed by atoms with E-state index in [0.717, 1.165) is 49.2 Å². The Morgan fingerprint density at radius 3 is 2.79 bits per heavy atom. The van der Waals surface area contributed by atoms with Crippen molar-refractivity contribution in [2.75, 3.05) is 19.7 Å². The average molecular weight is 445 g/mol. The Morgan fingerprint density at radius 2 is 2.03 bits per heavy atom. The number of ether oxygens (including phenoxy) is 1. The van der Waals surface area contributed by atoms with E-state index in [4.69, 9.17) is 4.74 Å². The van der Waals surface area contributed by atoms with Crippen LogP contribution in [0.1, 0.15) is 47.2 Å². The van der Waals surface area contributed by atoms with Crippen LogP contribution in [0.3, 0.4) is 0 Å². The van der Waals surface area contributed by atoms with Crippen molar-refractivity contribution in [2.24, 2.45) is 0 Å². The highest BCUT2D eigenvalue weighted by atomic mass is 16.5. The maximum Gasteiger partial charge on any atom is 0.251 e. The molecule has 1 unspecified atom stereocenters. The minimum Gasteiger partial charge on any atom is -0.378 e. The van der Waals surface area contributed by atoms with Crippen LogP contribution < -0.4 is 5.32 Å². The summed E-state index contributed by atoms with van der Waals surface area (Å²) in [6.07, 6.45) is 11.2. The second-order valence-electron chi connectivity index (χ2n) is 8.65. The lowest BCUT2D eigenvalue weighted by atomic mass is 9.98. The van der Waals surface area contributed by atoms with Crippen molar-refractivity contribution in [3.05, 3.63) is 77.8 Å². The third-order valence-corrected chi connectivity index (χ3v) is 6.41. The number of nitrogens with zero attached hydrogens (tertiary/aromatic N) is 3. The summed E-state index contributed by atoms with van der Waals surface area (Å²) in [4.78, 5) is 31.2. The normalized spacial score (nSPS) is 18.4. The molecule has 2 amide bonds. The lowest BCUT2D eigenvalue weighted by Gasteiger charge is -2.27. The largest absolute Gasteiger partial charge is 0.378 e. The number of carbonyl (C=O) groups excluding carboxylic acids is 2. The summed E-state index contributed by atoms with van der Waals surface area (Å²) in [5.74, 6) is 0.0761. The molecular formula is C26H28N4O3. The Morgan fingerprint density at radius 1 is 1.15 bits per heavy atom. The molecule has 2 aliphatic heterocycles. The molecule has 1 atom stereocenters. The fourth-order valence-corrected chi connectivity index (χ4v) is 4.48. The molecule has 3 aromatic rings. The molecule has 5 rings (SSSR count). The Labute approximate surface area is 193 Å². The number of carbonyl (C=O) groups is 2. The summed E-state index contributed by atoms with van der Waals surface area (Å²) >= 11 is 0. The zero-order chi connectivity index (χ0) is 22.6. The van der Waals surface area contributed by atoms with Crippen molar-refractivity contribution in [1.82, 2.24) is 19.6 Å². The number of aromatic nitrogens is 2. The van der Waals surface area contributed by atoms with Crippen molar-refractivity contribution >= 4 is 23.0 Å². The number of hydrogen-bond donors (Lipinski definition) is 1. The smallest absolute Gasteiger partial charge is 0.251 e. The number of hydrogen-bond acceptors (Lipinski definition) is 4. The summed E-state index contributed by atoms with van der Waals surface area (Å²) in [5.41, 5.74) is 4.84. The Bertz CT molecular complexity index is 1180. The molecule has 7 heteroatoms. The van der Waals surface area contributed by atoms with Crippen LogP contribution in [0, 0.1) is 0 Å². The second kappa shape index (κ2) is 9.58. The molecule has 170 valence electrons. The Hall–Kier alpha value is -3.45. The Balaban J connectivity index is 1.15. The van der Waals surface area contributed by atoms with E-state index in [1.54, 1.807) is 6.20 Å². The van der Waals surface area contributed by atoms with Crippen LogP contribution >= 0.6 is 0 Å². The summed E-state index contributed by atoms with van der Waals surface area (Å²) in [7, 11) is 0. The zero-order valence-corrected chi connectivity index (χ0v) is 18.6. The van der Waals surface area contributed by atoms with Gasteiger partial charge < -0.3 is 19.4 Å². The number of rotatable bonds is 6. The molecule has 33 heavy (non-hydrogen) atoms.